The van der Waals surface area contributed by atoms with Crippen molar-refractivity contribution in [3.8, 4) is 0 Å². The lowest BCUT2D eigenvalue weighted by Gasteiger charge is -2.22. The average Bonchev–Trinajstić information content (AvgIpc) is 2.59. The Labute approximate surface area is 113 Å². The van der Waals surface area contributed by atoms with Gasteiger partial charge in [0.15, 0.2) is 0 Å². The summed E-state index contributed by atoms with van der Waals surface area (Å²) >= 11 is 6.32. The molecule has 0 saturated carbocycles. The van der Waals surface area contributed by atoms with Crippen LogP contribution in [0.15, 0.2) is 6.20 Å². The van der Waals surface area contributed by atoms with Gasteiger partial charge in [0.2, 0.25) is 5.91 Å². The summed E-state index contributed by atoms with van der Waals surface area (Å²) in [6.45, 7) is 3.56. The van der Waals surface area contributed by atoms with Crippen LogP contribution in [0.4, 0.5) is 0 Å². The van der Waals surface area contributed by atoms with E-state index >= 15 is 0 Å². The van der Waals surface area contributed by atoms with E-state index in [1.54, 1.807) is 4.68 Å². The summed E-state index contributed by atoms with van der Waals surface area (Å²) in [6.07, 6.45) is 6.43. The van der Waals surface area contributed by atoms with Crippen LogP contribution in [0.3, 0.4) is 0 Å². The number of aromatic nitrogens is 2. The fraction of sp³-hybridized carbons (Fsp3) is 0.692. The number of carbonyl (C=O) groups excluding carboxylic acids is 1. The minimum Gasteiger partial charge on any atom is -0.341 e. The number of hydrogen-bond donors (Lipinski definition) is 0. The number of halogens is 1. The lowest BCUT2D eigenvalue weighted by atomic mass is 10.1. The summed E-state index contributed by atoms with van der Waals surface area (Å²) in [6, 6.07) is 0. The molecule has 1 amide bonds. The maximum absolute atomic E-state index is 12.4. The molecule has 0 bridgehead atoms. The van der Waals surface area contributed by atoms with Gasteiger partial charge in [-0.15, -0.1) is 11.6 Å². The van der Waals surface area contributed by atoms with Gasteiger partial charge >= 0.3 is 0 Å². The first-order valence-electron chi connectivity index (χ1n) is 6.52. The Morgan fingerprint density at radius 1 is 1.33 bits per heavy atom. The van der Waals surface area contributed by atoms with Crippen LogP contribution in [0.1, 0.15) is 42.3 Å². The van der Waals surface area contributed by atoms with Crippen LogP contribution >= 0.6 is 11.6 Å². The Hall–Kier alpha value is -1.03. The smallest absolute Gasteiger partial charge is 0.245 e. The number of rotatable bonds is 2. The highest BCUT2D eigenvalue weighted by atomic mass is 35.5. The number of hydrogen-bond acceptors (Lipinski definition) is 2. The van der Waals surface area contributed by atoms with Gasteiger partial charge in [0, 0.05) is 31.9 Å². The molecule has 1 aromatic heterocycles. The Kier molecular flexibility index (Phi) is 4.27. The van der Waals surface area contributed by atoms with Crippen molar-refractivity contribution in [3.63, 3.8) is 0 Å². The summed E-state index contributed by atoms with van der Waals surface area (Å²) in [4.78, 5) is 14.3. The van der Waals surface area contributed by atoms with Crippen LogP contribution in [-0.4, -0.2) is 33.7 Å². The SMILES string of the molecule is Cc1nn(C)cc1C(Cl)C(=O)N1CCCCCC1. The fourth-order valence-corrected chi connectivity index (χ4v) is 2.80. The van der Waals surface area contributed by atoms with Gasteiger partial charge < -0.3 is 4.90 Å². The largest absolute Gasteiger partial charge is 0.341 e. The molecular weight excluding hydrogens is 250 g/mol. The van der Waals surface area contributed by atoms with Crippen molar-refractivity contribution >= 4 is 17.5 Å². The summed E-state index contributed by atoms with van der Waals surface area (Å²) in [5.74, 6) is 0.0228. The molecule has 1 aliphatic rings. The highest BCUT2D eigenvalue weighted by Crippen LogP contribution is 2.26. The number of aryl methyl sites for hydroxylation is 2. The van der Waals surface area contributed by atoms with Crippen molar-refractivity contribution in [2.45, 2.75) is 38.0 Å². The minimum absolute atomic E-state index is 0.0228. The number of alkyl halides is 1. The van der Waals surface area contributed by atoms with E-state index in [1.165, 1.54) is 12.8 Å². The summed E-state index contributed by atoms with van der Waals surface area (Å²) in [5, 5.41) is 3.64. The maximum atomic E-state index is 12.4. The Morgan fingerprint density at radius 3 is 2.44 bits per heavy atom. The van der Waals surface area contributed by atoms with Crippen LogP contribution < -0.4 is 0 Å². The molecule has 0 spiro atoms. The second-order valence-corrected chi connectivity index (χ2v) is 5.38. The van der Waals surface area contributed by atoms with Crippen molar-refractivity contribution in [2.24, 2.45) is 7.05 Å². The standard InChI is InChI=1S/C13H20ClN3O/c1-10-11(9-16(2)15-10)12(14)13(18)17-7-5-3-4-6-8-17/h9,12H,3-8H2,1-2H3. The van der Waals surface area contributed by atoms with Gasteiger partial charge in [-0.3, -0.25) is 9.48 Å². The predicted molar refractivity (Wildman–Crippen MR) is 71.6 cm³/mol. The van der Waals surface area contributed by atoms with Crippen molar-refractivity contribution in [1.82, 2.24) is 14.7 Å². The first-order valence-corrected chi connectivity index (χ1v) is 6.96. The summed E-state index contributed by atoms with van der Waals surface area (Å²) in [7, 11) is 1.84. The van der Waals surface area contributed by atoms with Crippen molar-refractivity contribution in [1.29, 1.82) is 0 Å². The monoisotopic (exact) mass is 269 g/mol. The third-order valence-electron chi connectivity index (χ3n) is 3.46. The molecule has 0 aliphatic carbocycles. The molecular formula is C13H20ClN3O. The average molecular weight is 270 g/mol. The third-order valence-corrected chi connectivity index (χ3v) is 3.88. The molecule has 18 heavy (non-hydrogen) atoms. The first-order chi connectivity index (χ1) is 8.59. The lowest BCUT2D eigenvalue weighted by Crippen LogP contribution is -2.34. The van der Waals surface area contributed by atoms with Crippen LogP contribution in [0, 0.1) is 6.92 Å². The topological polar surface area (TPSA) is 38.1 Å². The van der Waals surface area contributed by atoms with Gasteiger partial charge in [0.25, 0.3) is 0 Å². The van der Waals surface area contributed by atoms with Crippen LogP contribution in [-0.2, 0) is 11.8 Å². The minimum atomic E-state index is -0.600. The molecule has 1 aromatic rings. The van der Waals surface area contributed by atoms with E-state index in [9.17, 15) is 4.79 Å². The lowest BCUT2D eigenvalue weighted by molar-refractivity contribution is -0.130. The van der Waals surface area contributed by atoms with Gasteiger partial charge in [0.1, 0.15) is 5.38 Å². The van der Waals surface area contributed by atoms with Crippen LogP contribution in [0.5, 0.6) is 0 Å². The molecule has 1 saturated heterocycles. The Bertz CT molecular complexity index is 422. The molecule has 0 N–H and O–H groups in total. The molecule has 2 rings (SSSR count). The van der Waals surface area contributed by atoms with Gasteiger partial charge in [-0.05, 0) is 19.8 Å². The summed E-state index contributed by atoms with van der Waals surface area (Å²) < 4.78 is 1.70. The molecule has 1 unspecified atom stereocenters. The van der Waals surface area contributed by atoms with Crippen molar-refractivity contribution in [2.75, 3.05) is 13.1 Å². The van der Waals surface area contributed by atoms with Crippen molar-refractivity contribution < 1.29 is 4.79 Å². The highest BCUT2D eigenvalue weighted by Gasteiger charge is 2.26. The van der Waals surface area contributed by atoms with E-state index in [0.29, 0.717) is 0 Å². The second-order valence-electron chi connectivity index (χ2n) is 4.95. The fourth-order valence-electron chi connectivity index (χ4n) is 2.45. The molecule has 1 atom stereocenters. The zero-order valence-electron chi connectivity index (χ0n) is 11.0. The third kappa shape index (κ3) is 2.86. The zero-order chi connectivity index (χ0) is 13.1. The van der Waals surface area contributed by atoms with E-state index in [0.717, 1.165) is 37.2 Å². The molecule has 4 nitrogen and oxygen atoms in total. The quantitative estimate of drug-likeness (QED) is 0.774. The van der Waals surface area contributed by atoms with Gasteiger partial charge in [-0.2, -0.15) is 5.10 Å². The van der Waals surface area contributed by atoms with E-state index in [2.05, 4.69) is 5.10 Å². The maximum Gasteiger partial charge on any atom is 0.245 e. The normalized spacial score (nSPS) is 18.5. The van der Waals surface area contributed by atoms with Gasteiger partial charge in [-0.1, -0.05) is 12.8 Å². The zero-order valence-corrected chi connectivity index (χ0v) is 11.8. The molecule has 5 heteroatoms. The van der Waals surface area contributed by atoms with E-state index < -0.39 is 5.38 Å². The Balaban J connectivity index is 2.10. The predicted octanol–water partition coefficient (Wildman–Crippen LogP) is 2.41. The molecule has 100 valence electrons. The van der Waals surface area contributed by atoms with Gasteiger partial charge in [-0.25, -0.2) is 0 Å². The first kappa shape index (κ1) is 13.4. The number of likely N-dealkylation sites (tertiary alicyclic amines) is 1. The summed E-state index contributed by atoms with van der Waals surface area (Å²) in [5.41, 5.74) is 1.66. The second kappa shape index (κ2) is 5.74. The molecule has 1 fully saturated rings. The van der Waals surface area contributed by atoms with Crippen molar-refractivity contribution in [3.05, 3.63) is 17.5 Å². The molecule has 1 aliphatic heterocycles. The number of amides is 1. The van der Waals surface area contributed by atoms with Gasteiger partial charge in [0.05, 0.1) is 5.69 Å². The molecule has 0 aromatic carbocycles. The highest BCUT2D eigenvalue weighted by molar-refractivity contribution is 6.30. The van der Waals surface area contributed by atoms with Crippen LogP contribution in [0.2, 0.25) is 0 Å². The van der Waals surface area contributed by atoms with E-state index in [4.69, 9.17) is 11.6 Å². The number of nitrogens with zero attached hydrogens (tertiary/aromatic N) is 3. The van der Waals surface area contributed by atoms with E-state index in [1.807, 2.05) is 25.1 Å². The molecule has 2 heterocycles. The van der Waals surface area contributed by atoms with Crippen LogP contribution in [0.25, 0.3) is 0 Å². The van der Waals surface area contributed by atoms with E-state index in [-0.39, 0.29) is 5.91 Å². The molecule has 0 radical (unpaired) electrons. The Morgan fingerprint density at radius 2 is 1.94 bits per heavy atom. The number of carbonyl (C=O) groups is 1.